The van der Waals surface area contributed by atoms with Gasteiger partial charge in [-0.25, -0.2) is 18.7 Å². The molecule has 0 atom stereocenters. The van der Waals surface area contributed by atoms with Crippen LogP contribution in [0.2, 0.25) is 0 Å². The van der Waals surface area contributed by atoms with E-state index in [2.05, 4.69) is 15.0 Å². The summed E-state index contributed by atoms with van der Waals surface area (Å²) >= 11 is 1.06. The lowest BCUT2D eigenvalue weighted by atomic mass is 10.1. The van der Waals surface area contributed by atoms with Gasteiger partial charge in [-0.15, -0.1) is 0 Å². The third kappa shape index (κ3) is 5.32. The Morgan fingerprint density at radius 2 is 1.81 bits per heavy atom. The number of fused-ring (bicyclic) bond motifs is 1. The van der Waals surface area contributed by atoms with Crippen LogP contribution < -0.4 is 0 Å². The summed E-state index contributed by atoms with van der Waals surface area (Å²) in [4.78, 5) is 23.3. The topological polar surface area (TPSA) is 80.9 Å². The maximum Gasteiger partial charge on any atom is 0.433 e. The molecule has 6 nitrogen and oxygen atoms in total. The number of hydrogen-bond acceptors (Lipinski definition) is 5. The van der Waals surface area contributed by atoms with Gasteiger partial charge in [-0.2, -0.15) is 13.2 Å². The molecule has 0 saturated carbocycles. The van der Waals surface area contributed by atoms with Crippen molar-refractivity contribution in [2.24, 2.45) is 0 Å². The normalized spacial score (nSPS) is 12.0. The third-order valence-electron chi connectivity index (χ3n) is 5.38. The molecule has 4 rings (SSSR count). The van der Waals surface area contributed by atoms with Crippen molar-refractivity contribution < 1.29 is 31.9 Å². The van der Waals surface area contributed by atoms with Crippen LogP contribution in [-0.4, -0.2) is 30.6 Å². The molecule has 0 saturated heterocycles. The number of rotatable bonds is 7. The Balaban J connectivity index is 1.68. The van der Waals surface area contributed by atoms with Crippen LogP contribution in [0.15, 0.2) is 48.0 Å². The zero-order valence-electron chi connectivity index (χ0n) is 19.0. The molecule has 12 heteroatoms. The third-order valence-corrected chi connectivity index (χ3v) is 6.29. The minimum Gasteiger partial charge on any atom is -0.481 e. The monoisotopic (exact) mass is 522 g/mol. The minimum absolute atomic E-state index is 0.00623. The number of carboxylic acids is 1. The Kier molecular flexibility index (Phi) is 6.98. The van der Waals surface area contributed by atoms with E-state index in [4.69, 9.17) is 5.11 Å². The summed E-state index contributed by atoms with van der Waals surface area (Å²) in [5.41, 5.74) is 1.07. The lowest BCUT2D eigenvalue weighted by molar-refractivity contribution is -0.141. The zero-order valence-corrected chi connectivity index (χ0v) is 19.8. The average Bonchev–Trinajstić information content (AvgIpc) is 3.18. The summed E-state index contributed by atoms with van der Waals surface area (Å²) in [5.74, 6) is -3.00. The molecule has 0 aliphatic heterocycles. The van der Waals surface area contributed by atoms with Gasteiger partial charge in [0.05, 0.1) is 18.1 Å². The number of pyridine rings is 1. The van der Waals surface area contributed by atoms with Gasteiger partial charge in [0.25, 0.3) is 0 Å². The van der Waals surface area contributed by atoms with E-state index in [1.54, 1.807) is 12.4 Å². The number of carboxylic acid groups (broad SMARTS) is 1. The van der Waals surface area contributed by atoms with Gasteiger partial charge in [-0.1, -0.05) is 17.8 Å². The first-order valence-electron chi connectivity index (χ1n) is 10.7. The number of alkyl halides is 3. The fraction of sp³-hybridized carbons (Fsp3) is 0.250. The smallest absolute Gasteiger partial charge is 0.433 e. The molecular weight excluding hydrogens is 503 g/mol. The highest BCUT2D eigenvalue weighted by Gasteiger charge is 2.32. The molecule has 0 spiro atoms. The number of benzene rings is 1. The lowest BCUT2D eigenvalue weighted by Crippen LogP contribution is -2.07. The number of nitrogens with zero attached hydrogens (tertiary/aromatic N) is 4. The van der Waals surface area contributed by atoms with Crippen LogP contribution in [0.5, 0.6) is 0 Å². The summed E-state index contributed by atoms with van der Waals surface area (Å²) < 4.78 is 68.9. The molecule has 1 N–H and O–H groups in total. The molecule has 0 aliphatic carbocycles. The Hall–Kier alpha value is -3.54. The van der Waals surface area contributed by atoms with Crippen molar-refractivity contribution in [3.8, 4) is 11.1 Å². The van der Waals surface area contributed by atoms with Crippen molar-refractivity contribution in [1.29, 1.82) is 0 Å². The first kappa shape index (κ1) is 25.5. The fourth-order valence-electron chi connectivity index (χ4n) is 3.64. The second-order valence-electron chi connectivity index (χ2n) is 8.25. The van der Waals surface area contributed by atoms with E-state index in [9.17, 15) is 26.7 Å². The van der Waals surface area contributed by atoms with Crippen LogP contribution in [0, 0.1) is 11.6 Å². The van der Waals surface area contributed by atoms with Crippen LogP contribution in [0.3, 0.4) is 0 Å². The largest absolute Gasteiger partial charge is 0.481 e. The maximum atomic E-state index is 14.3. The van der Waals surface area contributed by atoms with Crippen LogP contribution in [0.25, 0.3) is 22.2 Å². The number of hydrogen-bond donors (Lipinski definition) is 1. The molecule has 188 valence electrons. The predicted octanol–water partition coefficient (Wildman–Crippen LogP) is 6.29. The molecule has 3 heterocycles. The number of aromatic nitrogens is 4. The molecular formula is C24H19F5N4O2S. The first-order chi connectivity index (χ1) is 16.9. The Morgan fingerprint density at radius 3 is 2.42 bits per heavy atom. The van der Waals surface area contributed by atoms with E-state index in [0.29, 0.717) is 28.2 Å². The average molecular weight is 522 g/mol. The van der Waals surface area contributed by atoms with Crippen molar-refractivity contribution in [2.45, 2.75) is 43.4 Å². The van der Waals surface area contributed by atoms with Gasteiger partial charge in [0.1, 0.15) is 22.8 Å². The van der Waals surface area contributed by atoms with Gasteiger partial charge in [0.15, 0.2) is 5.16 Å². The number of aliphatic carboxylic acids is 1. The van der Waals surface area contributed by atoms with Gasteiger partial charge >= 0.3 is 12.1 Å². The minimum atomic E-state index is -4.56. The van der Waals surface area contributed by atoms with Crippen molar-refractivity contribution in [1.82, 2.24) is 19.5 Å². The SMILES string of the molecule is CC(C)n1cc(-c2ccc(C(F)(F)F)nc2)c2nc(SCc3cc(CC(=O)O)c(F)cc3F)ncc21. The van der Waals surface area contributed by atoms with Gasteiger partial charge in [-0.3, -0.25) is 9.78 Å². The number of halogens is 5. The Bertz CT molecular complexity index is 1440. The summed E-state index contributed by atoms with van der Waals surface area (Å²) in [7, 11) is 0. The molecule has 1 aromatic carbocycles. The standard InChI is InChI=1S/C24H19F5N4O2S/c1-12(2)33-10-16(13-3-4-20(30-8-13)24(27,28)29)22-19(33)9-31-23(32-22)36-11-15-5-14(6-21(34)35)17(25)7-18(15)26/h3-5,7-10,12H,6,11H2,1-2H3,(H,34,35). The van der Waals surface area contributed by atoms with E-state index < -0.39 is 35.9 Å². The summed E-state index contributed by atoms with van der Waals surface area (Å²) in [6.45, 7) is 3.87. The van der Waals surface area contributed by atoms with Crippen LogP contribution >= 0.6 is 11.8 Å². The van der Waals surface area contributed by atoms with Crippen LogP contribution in [0.1, 0.15) is 36.7 Å². The molecule has 0 radical (unpaired) electrons. The van der Waals surface area contributed by atoms with Gasteiger partial charge in [-0.05, 0) is 37.1 Å². The Labute approximate surface area is 206 Å². The van der Waals surface area contributed by atoms with Crippen molar-refractivity contribution in [3.05, 3.63) is 71.3 Å². The number of carbonyl (C=O) groups is 1. The van der Waals surface area contributed by atoms with E-state index in [1.807, 2.05) is 18.4 Å². The van der Waals surface area contributed by atoms with E-state index >= 15 is 0 Å². The quantitative estimate of drug-likeness (QED) is 0.175. The highest BCUT2D eigenvalue weighted by molar-refractivity contribution is 7.98. The second-order valence-corrected chi connectivity index (χ2v) is 9.20. The Morgan fingerprint density at radius 1 is 1.08 bits per heavy atom. The van der Waals surface area contributed by atoms with Crippen LogP contribution in [-0.2, 0) is 23.1 Å². The van der Waals surface area contributed by atoms with Gasteiger partial charge < -0.3 is 9.67 Å². The molecule has 3 aromatic heterocycles. The van der Waals surface area contributed by atoms with E-state index in [-0.39, 0.29) is 28.1 Å². The van der Waals surface area contributed by atoms with E-state index in [1.165, 1.54) is 12.1 Å². The molecule has 36 heavy (non-hydrogen) atoms. The fourth-order valence-corrected chi connectivity index (χ4v) is 4.43. The molecule has 4 aromatic rings. The van der Waals surface area contributed by atoms with E-state index in [0.717, 1.165) is 24.0 Å². The van der Waals surface area contributed by atoms with Crippen molar-refractivity contribution in [3.63, 3.8) is 0 Å². The second kappa shape index (κ2) is 9.84. The zero-order chi connectivity index (χ0) is 26.2. The molecule has 0 fully saturated rings. The summed E-state index contributed by atoms with van der Waals surface area (Å²) in [6, 6.07) is 4.04. The van der Waals surface area contributed by atoms with Gasteiger partial charge in [0.2, 0.25) is 0 Å². The van der Waals surface area contributed by atoms with Crippen molar-refractivity contribution >= 4 is 28.8 Å². The lowest BCUT2D eigenvalue weighted by Gasteiger charge is -2.09. The van der Waals surface area contributed by atoms with Crippen LogP contribution in [0.4, 0.5) is 22.0 Å². The number of thioether (sulfide) groups is 1. The first-order valence-corrected chi connectivity index (χ1v) is 11.6. The molecule has 0 unspecified atom stereocenters. The molecule has 0 bridgehead atoms. The molecule has 0 amide bonds. The highest BCUT2D eigenvalue weighted by Crippen LogP contribution is 2.34. The summed E-state index contributed by atoms with van der Waals surface area (Å²) in [6.07, 6.45) is -0.673. The maximum absolute atomic E-state index is 14.3. The molecule has 0 aliphatic rings. The van der Waals surface area contributed by atoms with Gasteiger partial charge in [0, 0.05) is 41.4 Å². The predicted molar refractivity (Wildman–Crippen MR) is 123 cm³/mol. The summed E-state index contributed by atoms with van der Waals surface area (Å²) in [5, 5.41) is 9.19. The highest BCUT2D eigenvalue weighted by atomic mass is 32.2. The van der Waals surface area contributed by atoms with Crippen molar-refractivity contribution in [2.75, 3.05) is 0 Å².